The number of carbonyl (C=O) groups excluding carboxylic acids is 3. The van der Waals surface area contributed by atoms with Crippen LogP contribution in [0, 0.1) is 11.3 Å². The average molecular weight is 553 g/mol. The van der Waals surface area contributed by atoms with Gasteiger partial charge in [-0.1, -0.05) is 60.7 Å². The van der Waals surface area contributed by atoms with Crippen LogP contribution in [0.5, 0.6) is 0 Å². The largest absolute Gasteiger partial charge is 0.468 e. The molecule has 40 heavy (non-hydrogen) atoms. The molecule has 0 aliphatic rings. The van der Waals surface area contributed by atoms with Crippen LogP contribution in [0.1, 0.15) is 51.2 Å². The highest BCUT2D eigenvalue weighted by molar-refractivity contribution is 5.75. The molecule has 0 saturated carbocycles. The normalized spacial score (nSPS) is 13.2. The van der Waals surface area contributed by atoms with Crippen molar-refractivity contribution in [2.75, 3.05) is 13.7 Å². The second kappa shape index (κ2) is 16.8. The summed E-state index contributed by atoms with van der Waals surface area (Å²) < 4.78 is 15.6. The Labute approximate surface area is 236 Å². The SMILES string of the molecule is COC(=O)[C@H](CCCCNC(=O)OCc1ccccc1)N[C@@H](C#N)[C@H](Cc1ccccc1)NC(=O)OC(C)(C)C. The van der Waals surface area contributed by atoms with E-state index >= 15 is 0 Å². The number of carbonyl (C=O) groups is 3. The van der Waals surface area contributed by atoms with Gasteiger partial charge in [0.1, 0.15) is 24.3 Å². The van der Waals surface area contributed by atoms with E-state index in [2.05, 4.69) is 22.0 Å². The van der Waals surface area contributed by atoms with Crippen LogP contribution in [0.25, 0.3) is 0 Å². The van der Waals surface area contributed by atoms with Crippen molar-refractivity contribution in [3.8, 4) is 6.07 Å². The first-order valence-electron chi connectivity index (χ1n) is 13.3. The minimum Gasteiger partial charge on any atom is -0.468 e. The Hall–Kier alpha value is -4.10. The van der Waals surface area contributed by atoms with Crippen molar-refractivity contribution in [1.29, 1.82) is 5.26 Å². The Bertz CT molecular complexity index is 1100. The second-order valence-corrected chi connectivity index (χ2v) is 10.3. The Kier molecular flexibility index (Phi) is 13.5. The Morgan fingerprint density at radius 1 is 0.925 bits per heavy atom. The predicted octanol–water partition coefficient (Wildman–Crippen LogP) is 4.24. The number of ether oxygens (including phenoxy) is 3. The van der Waals surface area contributed by atoms with Gasteiger partial charge in [0.05, 0.1) is 19.2 Å². The van der Waals surface area contributed by atoms with Gasteiger partial charge in [0.25, 0.3) is 0 Å². The number of rotatable bonds is 14. The number of amides is 2. The first-order valence-corrected chi connectivity index (χ1v) is 13.3. The van der Waals surface area contributed by atoms with Gasteiger partial charge in [0.15, 0.2) is 0 Å². The lowest BCUT2D eigenvalue weighted by atomic mass is 9.98. The summed E-state index contributed by atoms with van der Waals surface area (Å²) >= 11 is 0. The number of nitriles is 1. The minimum absolute atomic E-state index is 0.179. The summed E-state index contributed by atoms with van der Waals surface area (Å²) in [7, 11) is 1.28. The lowest BCUT2D eigenvalue weighted by Crippen LogP contribution is -2.55. The number of benzene rings is 2. The molecule has 2 aromatic rings. The van der Waals surface area contributed by atoms with Gasteiger partial charge in [-0.05, 0) is 57.6 Å². The number of alkyl carbamates (subject to hydrolysis) is 2. The summed E-state index contributed by atoms with van der Waals surface area (Å²) in [6.45, 7) is 5.80. The fraction of sp³-hybridized carbons (Fsp3) is 0.467. The van der Waals surface area contributed by atoms with Gasteiger partial charge in [-0.2, -0.15) is 5.26 Å². The van der Waals surface area contributed by atoms with Gasteiger partial charge in [-0.15, -0.1) is 0 Å². The molecule has 2 aromatic carbocycles. The Morgan fingerprint density at radius 3 is 2.12 bits per heavy atom. The van der Waals surface area contributed by atoms with Crippen molar-refractivity contribution >= 4 is 18.2 Å². The van der Waals surface area contributed by atoms with Crippen LogP contribution in [-0.2, 0) is 32.0 Å². The van der Waals surface area contributed by atoms with Gasteiger partial charge in [-0.3, -0.25) is 10.1 Å². The summed E-state index contributed by atoms with van der Waals surface area (Å²) in [6.07, 6.45) is 0.663. The molecule has 0 radical (unpaired) electrons. The lowest BCUT2D eigenvalue weighted by Gasteiger charge is -2.29. The Balaban J connectivity index is 1.94. The van der Waals surface area contributed by atoms with Crippen LogP contribution in [0.4, 0.5) is 9.59 Å². The fourth-order valence-corrected chi connectivity index (χ4v) is 3.89. The molecule has 0 fully saturated rings. The van der Waals surface area contributed by atoms with Crippen molar-refractivity contribution in [3.05, 3.63) is 71.8 Å². The molecule has 0 heterocycles. The zero-order valence-corrected chi connectivity index (χ0v) is 23.6. The second-order valence-electron chi connectivity index (χ2n) is 10.3. The highest BCUT2D eigenvalue weighted by Gasteiger charge is 2.30. The standard InChI is InChI=1S/C30H40N4O6/c1-30(2,3)40-29(37)34-25(19-22-13-7-5-8-14-22)26(20-31)33-24(27(35)38-4)17-11-12-18-32-28(36)39-21-23-15-9-6-10-16-23/h5-10,13-16,24-26,33H,11-12,17-19,21H2,1-4H3,(H,32,36)(H,34,37)/t24-,25-,26-/m0/s1. The minimum atomic E-state index is -0.914. The van der Waals surface area contributed by atoms with Crippen LogP contribution in [0.15, 0.2) is 60.7 Å². The molecule has 10 heteroatoms. The number of methoxy groups -OCH3 is 1. The van der Waals surface area contributed by atoms with E-state index in [1.165, 1.54) is 7.11 Å². The first kappa shape index (κ1) is 32.1. The lowest BCUT2D eigenvalue weighted by molar-refractivity contribution is -0.143. The van der Waals surface area contributed by atoms with Crippen molar-refractivity contribution in [1.82, 2.24) is 16.0 Å². The topological polar surface area (TPSA) is 139 Å². The monoisotopic (exact) mass is 552 g/mol. The van der Waals surface area contributed by atoms with Crippen LogP contribution in [0.2, 0.25) is 0 Å². The van der Waals surface area contributed by atoms with Gasteiger partial charge in [-0.25, -0.2) is 9.59 Å². The molecule has 216 valence electrons. The van der Waals surface area contributed by atoms with E-state index < -0.39 is 41.9 Å². The summed E-state index contributed by atoms with van der Waals surface area (Å²) in [6, 6.07) is 18.6. The van der Waals surface area contributed by atoms with Crippen LogP contribution < -0.4 is 16.0 Å². The summed E-state index contributed by atoms with van der Waals surface area (Å²) in [5, 5.41) is 18.6. The number of hydrogen-bond acceptors (Lipinski definition) is 8. The molecule has 0 aliphatic carbocycles. The van der Waals surface area contributed by atoms with Crippen molar-refractivity contribution in [3.63, 3.8) is 0 Å². The van der Waals surface area contributed by atoms with Crippen molar-refractivity contribution in [2.45, 2.75) is 76.8 Å². The third-order valence-corrected chi connectivity index (χ3v) is 5.81. The number of hydrogen-bond donors (Lipinski definition) is 3. The number of esters is 1. The van der Waals surface area contributed by atoms with E-state index in [-0.39, 0.29) is 6.61 Å². The molecule has 3 N–H and O–H groups in total. The zero-order valence-electron chi connectivity index (χ0n) is 23.6. The molecule has 0 saturated heterocycles. The van der Waals surface area contributed by atoms with Crippen LogP contribution in [-0.4, -0.2) is 55.5 Å². The van der Waals surface area contributed by atoms with E-state index in [0.717, 1.165) is 11.1 Å². The fourth-order valence-electron chi connectivity index (χ4n) is 3.89. The predicted molar refractivity (Wildman–Crippen MR) is 150 cm³/mol. The number of unbranched alkanes of at least 4 members (excludes halogenated alkanes) is 1. The molecule has 3 atom stereocenters. The zero-order chi connectivity index (χ0) is 29.4. The first-order chi connectivity index (χ1) is 19.1. The van der Waals surface area contributed by atoms with Gasteiger partial charge in [0.2, 0.25) is 0 Å². The van der Waals surface area contributed by atoms with Crippen LogP contribution in [0.3, 0.4) is 0 Å². The number of nitrogens with zero attached hydrogens (tertiary/aromatic N) is 1. The maximum Gasteiger partial charge on any atom is 0.407 e. The molecule has 10 nitrogen and oxygen atoms in total. The third-order valence-electron chi connectivity index (χ3n) is 5.81. The maximum atomic E-state index is 12.6. The molecular weight excluding hydrogens is 512 g/mol. The van der Waals surface area contributed by atoms with Crippen LogP contribution >= 0.6 is 0 Å². The van der Waals surface area contributed by atoms with E-state index in [1.807, 2.05) is 60.7 Å². The van der Waals surface area contributed by atoms with E-state index in [0.29, 0.717) is 32.2 Å². The molecule has 0 aliphatic heterocycles. The van der Waals surface area contributed by atoms with Gasteiger partial charge in [0, 0.05) is 6.54 Å². The smallest absolute Gasteiger partial charge is 0.407 e. The van der Waals surface area contributed by atoms with E-state index in [9.17, 15) is 19.6 Å². The van der Waals surface area contributed by atoms with E-state index in [1.54, 1.807) is 20.8 Å². The summed E-state index contributed by atoms with van der Waals surface area (Å²) in [5.74, 6) is -0.522. The summed E-state index contributed by atoms with van der Waals surface area (Å²) in [5.41, 5.74) is 1.09. The maximum absolute atomic E-state index is 12.6. The molecule has 0 spiro atoms. The Morgan fingerprint density at radius 2 is 1.55 bits per heavy atom. The molecule has 0 unspecified atom stereocenters. The molecular formula is C30H40N4O6. The molecule has 2 amide bonds. The quantitative estimate of drug-likeness (QED) is 0.180. The van der Waals surface area contributed by atoms with E-state index in [4.69, 9.17) is 14.2 Å². The third kappa shape index (κ3) is 12.6. The highest BCUT2D eigenvalue weighted by Crippen LogP contribution is 2.12. The van der Waals surface area contributed by atoms with Crippen molar-refractivity contribution in [2.24, 2.45) is 0 Å². The van der Waals surface area contributed by atoms with Gasteiger partial charge < -0.3 is 24.8 Å². The molecule has 0 bridgehead atoms. The summed E-state index contributed by atoms with van der Waals surface area (Å²) in [4.78, 5) is 37.1. The molecule has 2 rings (SSSR count). The highest BCUT2D eigenvalue weighted by atomic mass is 16.6. The van der Waals surface area contributed by atoms with Crippen molar-refractivity contribution < 1.29 is 28.6 Å². The molecule has 0 aromatic heterocycles. The number of nitrogens with one attached hydrogen (secondary N) is 3. The van der Waals surface area contributed by atoms with Gasteiger partial charge >= 0.3 is 18.2 Å². The average Bonchev–Trinajstić information content (AvgIpc) is 2.92.